The van der Waals surface area contributed by atoms with Crippen molar-refractivity contribution in [1.82, 2.24) is 0 Å². The van der Waals surface area contributed by atoms with Gasteiger partial charge in [-0.05, 0) is 80.4 Å². The Morgan fingerprint density at radius 2 is 1.88 bits per heavy atom. The molecule has 0 heterocycles. The number of rotatable bonds is 1. The fourth-order valence-corrected chi connectivity index (χ4v) is 7.56. The summed E-state index contributed by atoms with van der Waals surface area (Å²) in [5.74, 6) is 0.503. The predicted molar refractivity (Wildman–Crippen MR) is 94.7 cm³/mol. The molecule has 4 heteroatoms. The third kappa shape index (κ3) is 1.68. The molecule has 0 saturated heterocycles. The van der Waals surface area contributed by atoms with E-state index in [0.29, 0.717) is 17.9 Å². The third-order valence-electron chi connectivity index (χ3n) is 9.23. The van der Waals surface area contributed by atoms with Gasteiger partial charge in [0, 0.05) is 16.7 Å². The summed E-state index contributed by atoms with van der Waals surface area (Å²) in [6.07, 6.45) is 7.09. The van der Waals surface area contributed by atoms with Gasteiger partial charge in [-0.1, -0.05) is 13.8 Å². The second-order valence-electron chi connectivity index (χ2n) is 9.91. The van der Waals surface area contributed by atoms with E-state index in [2.05, 4.69) is 6.92 Å². The van der Waals surface area contributed by atoms with Gasteiger partial charge in [-0.3, -0.25) is 9.59 Å². The van der Waals surface area contributed by atoms with Gasteiger partial charge in [0.2, 0.25) is 0 Å². The van der Waals surface area contributed by atoms with E-state index in [1.165, 1.54) is 6.92 Å². The van der Waals surface area contributed by atoms with E-state index in [0.717, 1.165) is 25.7 Å². The first-order valence-electron chi connectivity index (χ1n) is 10.0. The zero-order chi connectivity index (χ0) is 18.6. The summed E-state index contributed by atoms with van der Waals surface area (Å²) in [5, 5.41) is 11.2. The van der Waals surface area contributed by atoms with Crippen LogP contribution in [0.3, 0.4) is 0 Å². The van der Waals surface area contributed by atoms with Crippen LogP contribution in [-0.4, -0.2) is 22.3 Å². The highest BCUT2D eigenvalue weighted by atomic mass is 19.1. The standard InChI is InChI=1S/C22H27FO3/c1-11(24)22(26)7-5-14-12-9-18(23)17-10-19(25)13-8-16(13)21(17,3)15(12)4-6-20(14,22)2/h9-10,12-16,26H,4-8H2,1-3H3/t12-,13+,14-,15-,16-,20-,21-,22-/m0/s1. The molecule has 140 valence electrons. The summed E-state index contributed by atoms with van der Waals surface area (Å²) in [5.41, 5.74) is -1.43. The number of fused-ring (bicyclic) bond motifs is 7. The number of carbonyl (C=O) groups excluding carboxylic acids is 2. The average Bonchev–Trinajstić information content (AvgIpc) is 3.33. The van der Waals surface area contributed by atoms with Gasteiger partial charge in [-0.15, -0.1) is 0 Å². The molecule has 1 N–H and O–H groups in total. The molecule has 5 aliphatic carbocycles. The fourth-order valence-electron chi connectivity index (χ4n) is 7.56. The molecule has 0 spiro atoms. The summed E-state index contributed by atoms with van der Waals surface area (Å²) < 4.78 is 15.1. The Morgan fingerprint density at radius 1 is 1.19 bits per heavy atom. The number of Topliss-reactive ketones (excluding diaryl/α,β-unsaturated/α-hetero) is 1. The van der Waals surface area contributed by atoms with Crippen LogP contribution in [0.15, 0.2) is 23.6 Å². The Morgan fingerprint density at radius 3 is 2.58 bits per heavy atom. The van der Waals surface area contributed by atoms with Crippen LogP contribution in [0.1, 0.15) is 52.9 Å². The minimum Gasteiger partial charge on any atom is -0.382 e. The molecule has 0 bridgehead atoms. The quantitative estimate of drug-likeness (QED) is 0.776. The van der Waals surface area contributed by atoms with Gasteiger partial charge in [-0.25, -0.2) is 4.39 Å². The predicted octanol–water partition coefficient (Wildman–Crippen LogP) is 3.77. The number of carbonyl (C=O) groups is 2. The molecule has 5 aliphatic rings. The summed E-state index contributed by atoms with van der Waals surface area (Å²) in [6, 6.07) is 0. The molecule has 5 rings (SSSR count). The van der Waals surface area contributed by atoms with Crippen molar-refractivity contribution in [2.24, 2.45) is 40.4 Å². The molecule has 8 atom stereocenters. The van der Waals surface area contributed by atoms with E-state index in [-0.39, 0.29) is 46.5 Å². The molecule has 0 radical (unpaired) electrons. The zero-order valence-corrected chi connectivity index (χ0v) is 15.7. The van der Waals surface area contributed by atoms with Crippen LogP contribution in [0, 0.1) is 40.4 Å². The van der Waals surface area contributed by atoms with Crippen molar-refractivity contribution in [2.45, 2.75) is 58.5 Å². The van der Waals surface area contributed by atoms with E-state index >= 15 is 4.39 Å². The van der Waals surface area contributed by atoms with Crippen LogP contribution in [0.25, 0.3) is 0 Å². The molecule has 3 fully saturated rings. The normalized spacial score (nSPS) is 54.3. The number of halogens is 1. The molecule has 26 heavy (non-hydrogen) atoms. The van der Waals surface area contributed by atoms with Crippen LogP contribution in [0.2, 0.25) is 0 Å². The van der Waals surface area contributed by atoms with E-state index < -0.39 is 11.0 Å². The minimum atomic E-state index is -1.28. The first-order valence-corrected chi connectivity index (χ1v) is 10.0. The Hall–Kier alpha value is -1.29. The van der Waals surface area contributed by atoms with Gasteiger partial charge in [0.1, 0.15) is 11.4 Å². The molecule has 0 aromatic carbocycles. The highest BCUT2D eigenvalue weighted by molar-refractivity contribution is 5.97. The largest absolute Gasteiger partial charge is 0.382 e. The Bertz CT molecular complexity index is 797. The number of hydrogen-bond donors (Lipinski definition) is 1. The molecule has 3 saturated carbocycles. The minimum absolute atomic E-state index is 0.0405. The van der Waals surface area contributed by atoms with Crippen LogP contribution < -0.4 is 0 Å². The van der Waals surface area contributed by atoms with Crippen molar-refractivity contribution >= 4 is 11.6 Å². The average molecular weight is 358 g/mol. The number of hydrogen-bond acceptors (Lipinski definition) is 3. The van der Waals surface area contributed by atoms with Gasteiger partial charge < -0.3 is 5.11 Å². The molecule has 0 unspecified atom stereocenters. The third-order valence-corrected chi connectivity index (χ3v) is 9.23. The molecular weight excluding hydrogens is 331 g/mol. The van der Waals surface area contributed by atoms with Gasteiger partial charge in [0.05, 0.1) is 0 Å². The van der Waals surface area contributed by atoms with Crippen molar-refractivity contribution < 1.29 is 19.1 Å². The monoisotopic (exact) mass is 358 g/mol. The lowest BCUT2D eigenvalue weighted by Gasteiger charge is -2.57. The maximum absolute atomic E-state index is 15.1. The van der Waals surface area contributed by atoms with Gasteiger partial charge in [-0.2, -0.15) is 0 Å². The molecule has 3 nitrogen and oxygen atoms in total. The maximum atomic E-state index is 15.1. The van der Waals surface area contributed by atoms with Crippen molar-refractivity contribution in [2.75, 3.05) is 0 Å². The number of ketones is 2. The van der Waals surface area contributed by atoms with E-state index in [9.17, 15) is 14.7 Å². The summed E-state index contributed by atoms with van der Waals surface area (Å²) in [7, 11) is 0. The molecular formula is C22H27FO3. The van der Waals surface area contributed by atoms with E-state index in [1.54, 1.807) is 12.2 Å². The summed E-state index contributed by atoms with van der Waals surface area (Å²) >= 11 is 0. The zero-order valence-electron chi connectivity index (χ0n) is 15.7. The van der Waals surface area contributed by atoms with Gasteiger partial charge in [0.25, 0.3) is 0 Å². The molecule has 0 aromatic rings. The summed E-state index contributed by atoms with van der Waals surface area (Å²) in [6.45, 7) is 5.68. The lowest BCUT2D eigenvalue weighted by Crippen LogP contribution is -2.57. The SMILES string of the molecule is CC(=O)[C@@]1(O)CC[C@H]2[C@@H]3C=C(F)C4=CC(=O)[C@@H]5C[C@@H]5[C@]4(C)[C@H]3CC[C@@]21C. The summed E-state index contributed by atoms with van der Waals surface area (Å²) in [4.78, 5) is 24.4. The van der Waals surface area contributed by atoms with E-state index in [1.807, 2.05) is 6.92 Å². The lowest BCUT2D eigenvalue weighted by molar-refractivity contribution is -0.157. The Labute approximate surface area is 153 Å². The molecule has 0 amide bonds. The number of aliphatic hydroxyl groups is 1. The lowest BCUT2D eigenvalue weighted by atomic mass is 9.47. The molecule has 0 aromatic heterocycles. The first-order chi connectivity index (χ1) is 12.1. The van der Waals surface area contributed by atoms with Gasteiger partial charge >= 0.3 is 0 Å². The second-order valence-corrected chi connectivity index (χ2v) is 9.91. The van der Waals surface area contributed by atoms with Crippen molar-refractivity contribution in [1.29, 1.82) is 0 Å². The fraction of sp³-hybridized carbons (Fsp3) is 0.727. The van der Waals surface area contributed by atoms with Crippen LogP contribution >= 0.6 is 0 Å². The first kappa shape index (κ1) is 16.9. The smallest absolute Gasteiger partial charge is 0.161 e. The number of allylic oxidation sites excluding steroid dienone is 4. The highest BCUT2D eigenvalue weighted by Crippen LogP contribution is 2.71. The molecule has 0 aliphatic heterocycles. The maximum Gasteiger partial charge on any atom is 0.161 e. The van der Waals surface area contributed by atoms with Crippen LogP contribution in [0.4, 0.5) is 4.39 Å². The van der Waals surface area contributed by atoms with Crippen LogP contribution in [-0.2, 0) is 9.59 Å². The van der Waals surface area contributed by atoms with E-state index in [4.69, 9.17) is 0 Å². The Balaban J connectivity index is 1.62. The second kappa shape index (κ2) is 4.76. The van der Waals surface area contributed by atoms with Crippen molar-refractivity contribution in [3.05, 3.63) is 23.6 Å². The highest BCUT2D eigenvalue weighted by Gasteiger charge is 2.69. The Kier molecular flexibility index (Phi) is 3.08. The topological polar surface area (TPSA) is 54.4 Å². The van der Waals surface area contributed by atoms with Crippen LogP contribution in [0.5, 0.6) is 0 Å². The van der Waals surface area contributed by atoms with Crippen molar-refractivity contribution in [3.8, 4) is 0 Å². The van der Waals surface area contributed by atoms with Crippen molar-refractivity contribution in [3.63, 3.8) is 0 Å². The van der Waals surface area contributed by atoms with Gasteiger partial charge in [0.15, 0.2) is 11.6 Å².